The Bertz CT molecular complexity index is 420. The smallest absolute Gasteiger partial charge is 0.224 e. The minimum atomic E-state index is -0.377. The lowest BCUT2D eigenvalue weighted by Crippen LogP contribution is -2.55. The van der Waals surface area contributed by atoms with Crippen LogP contribution in [0.3, 0.4) is 0 Å². The summed E-state index contributed by atoms with van der Waals surface area (Å²) in [6, 6.07) is 7.37. The van der Waals surface area contributed by atoms with E-state index in [9.17, 15) is 4.79 Å². The van der Waals surface area contributed by atoms with E-state index >= 15 is 0 Å². The van der Waals surface area contributed by atoms with E-state index in [0.29, 0.717) is 11.6 Å². The summed E-state index contributed by atoms with van der Waals surface area (Å²) in [5, 5.41) is 3.61. The highest BCUT2D eigenvalue weighted by atomic mass is 35.5. The van der Waals surface area contributed by atoms with Gasteiger partial charge in [0.05, 0.1) is 12.0 Å². The molecule has 0 aliphatic rings. The first-order valence-corrected chi connectivity index (χ1v) is 6.51. The summed E-state index contributed by atoms with van der Waals surface area (Å²) in [7, 11) is 0. The molecule has 18 heavy (non-hydrogen) atoms. The molecule has 0 aliphatic heterocycles. The van der Waals surface area contributed by atoms with Crippen LogP contribution in [0.5, 0.6) is 0 Å². The largest absolute Gasteiger partial charge is 0.349 e. The van der Waals surface area contributed by atoms with E-state index in [0.717, 1.165) is 5.56 Å². The number of amides is 1. The zero-order chi connectivity index (χ0) is 13.8. The quantitative estimate of drug-likeness (QED) is 0.861. The molecule has 0 radical (unpaired) electrons. The maximum absolute atomic E-state index is 12.0. The molecule has 0 aliphatic carbocycles. The SMILES string of the molecule is CC(C)C(C)(CN)NC(=O)Cc1ccccc1Cl. The standard InChI is InChI=1S/C14H21ClN2O/c1-10(2)14(3,9-16)17-13(18)8-11-6-4-5-7-12(11)15/h4-7,10H,8-9,16H2,1-3H3,(H,17,18). The van der Waals surface area contributed by atoms with E-state index in [1.54, 1.807) is 6.07 Å². The average Bonchev–Trinajstić information content (AvgIpc) is 2.31. The molecule has 0 bridgehead atoms. The van der Waals surface area contributed by atoms with Gasteiger partial charge in [-0.1, -0.05) is 43.6 Å². The number of carbonyl (C=O) groups is 1. The van der Waals surface area contributed by atoms with Gasteiger partial charge in [0, 0.05) is 11.6 Å². The van der Waals surface area contributed by atoms with E-state index in [-0.39, 0.29) is 23.8 Å². The van der Waals surface area contributed by atoms with Crippen molar-refractivity contribution in [1.82, 2.24) is 5.32 Å². The summed E-state index contributed by atoms with van der Waals surface area (Å²) in [5.41, 5.74) is 6.20. The monoisotopic (exact) mass is 268 g/mol. The van der Waals surface area contributed by atoms with Crippen molar-refractivity contribution < 1.29 is 4.79 Å². The van der Waals surface area contributed by atoms with Crippen molar-refractivity contribution in [2.75, 3.05) is 6.54 Å². The van der Waals surface area contributed by atoms with Crippen molar-refractivity contribution in [3.63, 3.8) is 0 Å². The highest BCUT2D eigenvalue weighted by molar-refractivity contribution is 6.31. The van der Waals surface area contributed by atoms with Crippen LogP contribution in [-0.2, 0) is 11.2 Å². The maximum Gasteiger partial charge on any atom is 0.224 e. The molecule has 3 nitrogen and oxygen atoms in total. The number of hydrogen-bond donors (Lipinski definition) is 2. The van der Waals surface area contributed by atoms with Gasteiger partial charge in [-0.15, -0.1) is 0 Å². The van der Waals surface area contributed by atoms with Gasteiger partial charge in [-0.3, -0.25) is 4.79 Å². The van der Waals surface area contributed by atoms with Crippen molar-refractivity contribution in [2.45, 2.75) is 32.7 Å². The molecule has 4 heteroatoms. The summed E-state index contributed by atoms with van der Waals surface area (Å²) in [6.07, 6.45) is 0.280. The molecule has 0 aromatic heterocycles. The van der Waals surface area contributed by atoms with Crippen LogP contribution in [-0.4, -0.2) is 18.0 Å². The summed E-state index contributed by atoms with van der Waals surface area (Å²) in [6.45, 7) is 6.46. The summed E-state index contributed by atoms with van der Waals surface area (Å²) in [5.74, 6) is 0.224. The van der Waals surface area contributed by atoms with Gasteiger partial charge in [-0.25, -0.2) is 0 Å². The number of rotatable bonds is 5. The number of nitrogens with two attached hydrogens (primary N) is 1. The number of halogens is 1. The summed E-state index contributed by atoms with van der Waals surface area (Å²) >= 11 is 6.03. The first kappa shape index (κ1) is 15.0. The Morgan fingerprint density at radius 1 is 1.44 bits per heavy atom. The molecule has 1 atom stereocenters. The van der Waals surface area contributed by atoms with Crippen LogP contribution in [0, 0.1) is 5.92 Å². The number of nitrogens with one attached hydrogen (secondary N) is 1. The molecule has 0 saturated carbocycles. The van der Waals surface area contributed by atoms with Crippen LogP contribution < -0.4 is 11.1 Å². The molecule has 1 aromatic carbocycles. The van der Waals surface area contributed by atoms with Gasteiger partial charge in [0.2, 0.25) is 5.91 Å². The predicted octanol–water partition coefficient (Wildman–Crippen LogP) is 2.37. The summed E-state index contributed by atoms with van der Waals surface area (Å²) in [4.78, 5) is 12.0. The molecule has 1 unspecified atom stereocenters. The van der Waals surface area contributed by atoms with E-state index < -0.39 is 0 Å². The highest BCUT2D eigenvalue weighted by Gasteiger charge is 2.28. The van der Waals surface area contributed by atoms with E-state index in [1.807, 2.05) is 39.0 Å². The van der Waals surface area contributed by atoms with Crippen LogP contribution in [0.25, 0.3) is 0 Å². The van der Waals surface area contributed by atoms with Crippen LogP contribution in [0.15, 0.2) is 24.3 Å². The number of carbonyl (C=O) groups excluding carboxylic acids is 1. The molecule has 0 fully saturated rings. The topological polar surface area (TPSA) is 55.1 Å². The summed E-state index contributed by atoms with van der Waals surface area (Å²) < 4.78 is 0. The third-order valence-corrected chi connectivity index (χ3v) is 3.80. The van der Waals surface area contributed by atoms with Crippen LogP contribution in [0.2, 0.25) is 5.02 Å². The van der Waals surface area contributed by atoms with Gasteiger partial charge in [0.1, 0.15) is 0 Å². The van der Waals surface area contributed by atoms with Gasteiger partial charge in [0.15, 0.2) is 0 Å². The maximum atomic E-state index is 12.0. The van der Waals surface area contributed by atoms with E-state index in [1.165, 1.54) is 0 Å². The molecule has 1 amide bonds. The molecule has 100 valence electrons. The van der Waals surface area contributed by atoms with E-state index in [4.69, 9.17) is 17.3 Å². The lowest BCUT2D eigenvalue weighted by Gasteiger charge is -2.33. The first-order valence-electron chi connectivity index (χ1n) is 6.13. The lowest BCUT2D eigenvalue weighted by atomic mass is 9.88. The molecular formula is C14H21ClN2O. The van der Waals surface area contributed by atoms with Crippen LogP contribution in [0.4, 0.5) is 0 Å². The molecular weight excluding hydrogens is 248 g/mol. The second-order valence-electron chi connectivity index (χ2n) is 5.09. The fourth-order valence-corrected chi connectivity index (χ4v) is 1.81. The fourth-order valence-electron chi connectivity index (χ4n) is 1.61. The van der Waals surface area contributed by atoms with Gasteiger partial charge >= 0.3 is 0 Å². The van der Waals surface area contributed by atoms with Crippen molar-refractivity contribution >= 4 is 17.5 Å². The van der Waals surface area contributed by atoms with Gasteiger partial charge in [-0.05, 0) is 24.5 Å². The molecule has 1 rings (SSSR count). The Kier molecular flexibility index (Phi) is 5.17. The van der Waals surface area contributed by atoms with E-state index in [2.05, 4.69) is 5.32 Å². The zero-order valence-electron chi connectivity index (χ0n) is 11.2. The Morgan fingerprint density at radius 2 is 2.06 bits per heavy atom. The number of hydrogen-bond acceptors (Lipinski definition) is 2. The minimum absolute atomic E-state index is 0.0512. The van der Waals surface area contributed by atoms with Crippen molar-refractivity contribution in [2.24, 2.45) is 11.7 Å². The normalized spacial score (nSPS) is 14.3. The molecule has 1 aromatic rings. The average molecular weight is 269 g/mol. The van der Waals surface area contributed by atoms with Crippen molar-refractivity contribution in [3.05, 3.63) is 34.9 Å². The Hall–Kier alpha value is -1.06. The molecule has 0 heterocycles. The van der Waals surface area contributed by atoms with Crippen LogP contribution in [0.1, 0.15) is 26.3 Å². The zero-order valence-corrected chi connectivity index (χ0v) is 11.9. The Morgan fingerprint density at radius 3 is 2.56 bits per heavy atom. The second kappa shape index (κ2) is 6.21. The molecule has 0 saturated heterocycles. The van der Waals surface area contributed by atoms with Crippen molar-refractivity contribution in [3.8, 4) is 0 Å². The lowest BCUT2D eigenvalue weighted by molar-refractivity contribution is -0.122. The second-order valence-corrected chi connectivity index (χ2v) is 5.50. The molecule has 0 spiro atoms. The van der Waals surface area contributed by atoms with Gasteiger partial charge < -0.3 is 11.1 Å². The number of benzene rings is 1. The fraction of sp³-hybridized carbons (Fsp3) is 0.500. The van der Waals surface area contributed by atoms with Crippen molar-refractivity contribution in [1.29, 1.82) is 0 Å². The highest BCUT2D eigenvalue weighted by Crippen LogP contribution is 2.18. The third kappa shape index (κ3) is 3.72. The van der Waals surface area contributed by atoms with Gasteiger partial charge in [0.25, 0.3) is 0 Å². The van der Waals surface area contributed by atoms with Gasteiger partial charge in [-0.2, -0.15) is 0 Å². The minimum Gasteiger partial charge on any atom is -0.349 e. The third-order valence-electron chi connectivity index (χ3n) is 3.43. The Labute approximate surface area is 114 Å². The van der Waals surface area contributed by atoms with Crippen LogP contribution >= 0.6 is 11.6 Å². The predicted molar refractivity (Wildman–Crippen MR) is 75.6 cm³/mol. The Balaban J connectivity index is 2.70. The molecule has 3 N–H and O–H groups in total. The first-order chi connectivity index (χ1) is 8.39.